The molecule has 1 saturated heterocycles. The molecule has 110 valence electrons. The van der Waals surface area contributed by atoms with Gasteiger partial charge in [0, 0.05) is 26.1 Å². The molecule has 3 nitrogen and oxygen atoms in total. The number of amides is 1. The molecule has 1 atom stereocenters. The quantitative estimate of drug-likeness (QED) is 0.770. The molecule has 2 rings (SSSR count). The van der Waals surface area contributed by atoms with E-state index in [0.717, 1.165) is 38.9 Å². The molecule has 0 N–H and O–H groups in total. The molecule has 20 heavy (non-hydrogen) atoms. The van der Waals surface area contributed by atoms with E-state index in [1.54, 1.807) is 0 Å². The van der Waals surface area contributed by atoms with Crippen molar-refractivity contribution in [2.75, 3.05) is 26.7 Å². The average Bonchev–Trinajstić information content (AvgIpc) is 2.48. The summed E-state index contributed by atoms with van der Waals surface area (Å²) in [6.45, 7) is 4.93. The summed E-state index contributed by atoms with van der Waals surface area (Å²) in [5.41, 5.74) is 1.25. The summed E-state index contributed by atoms with van der Waals surface area (Å²) < 4.78 is 0. The zero-order chi connectivity index (χ0) is 14.4. The van der Waals surface area contributed by atoms with Crippen molar-refractivity contribution >= 4 is 5.91 Å². The van der Waals surface area contributed by atoms with Gasteiger partial charge in [-0.2, -0.15) is 0 Å². The SMILES string of the molecule is CCCCCC(=O)N1CCN(C)CC1c1ccccc1. The van der Waals surface area contributed by atoms with E-state index in [2.05, 4.69) is 48.0 Å². The fourth-order valence-corrected chi connectivity index (χ4v) is 2.85. The molecular weight excluding hydrogens is 248 g/mol. The van der Waals surface area contributed by atoms with Crippen LogP contribution in [-0.2, 0) is 4.79 Å². The lowest BCUT2D eigenvalue weighted by Crippen LogP contribution is -2.49. The van der Waals surface area contributed by atoms with Gasteiger partial charge in [-0.25, -0.2) is 0 Å². The Morgan fingerprint density at radius 1 is 1.20 bits per heavy atom. The lowest BCUT2D eigenvalue weighted by atomic mass is 10.0. The molecule has 1 aromatic carbocycles. The van der Waals surface area contributed by atoms with E-state index < -0.39 is 0 Å². The molecule has 0 radical (unpaired) electrons. The number of benzene rings is 1. The van der Waals surface area contributed by atoms with Gasteiger partial charge in [0.15, 0.2) is 0 Å². The first-order valence-electron chi connectivity index (χ1n) is 7.75. The molecule has 1 aliphatic rings. The molecule has 1 heterocycles. The van der Waals surface area contributed by atoms with E-state index in [1.165, 1.54) is 5.56 Å². The number of piperazine rings is 1. The maximum atomic E-state index is 12.5. The molecule has 1 aromatic rings. The maximum Gasteiger partial charge on any atom is 0.223 e. The van der Waals surface area contributed by atoms with Crippen LogP contribution in [0.5, 0.6) is 0 Å². The van der Waals surface area contributed by atoms with Gasteiger partial charge in [-0.3, -0.25) is 4.79 Å². The van der Waals surface area contributed by atoms with E-state index in [4.69, 9.17) is 0 Å². The third kappa shape index (κ3) is 3.83. The van der Waals surface area contributed by atoms with Crippen LogP contribution in [0.1, 0.15) is 44.2 Å². The van der Waals surface area contributed by atoms with Crippen LogP contribution < -0.4 is 0 Å². The fourth-order valence-electron chi connectivity index (χ4n) is 2.85. The van der Waals surface area contributed by atoms with Crippen LogP contribution in [0.2, 0.25) is 0 Å². The highest BCUT2D eigenvalue weighted by Gasteiger charge is 2.29. The van der Waals surface area contributed by atoms with Crippen molar-refractivity contribution in [1.29, 1.82) is 0 Å². The largest absolute Gasteiger partial charge is 0.333 e. The molecule has 0 saturated carbocycles. The fraction of sp³-hybridized carbons (Fsp3) is 0.588. The highest BCUT2D eigenvalue weighted by atomic mass is 16.2. The van der Waals surface area contributed by atoms with E-state index in [0.29, 0.717) is 12.3 Å². The smallest absolute Gasteiger partial charge is 0.223 e. The standard InChI is InChI=1S/C17H26N2O/c1-3-4-6-11-17(20)19-13-12-18(2)14-16(19)15-9-7-5-8-10-15/h5,7-10,16H,3-4,6,11-14H2,1-2H3. The van der Waals surface area contributed by atoms with E-state index >= 15 is 0 Å². The van der Waals surface area contributed by atoms with Gasteiger partial charge < -0.3 is 9.80 Å². The first kappa shape index (κ1) is 15.0. The van der Waals surface area contributed by atoms with Gasteiger partial charge in [0.1, 0.15) is 0 Å². The summed E-state index contributed by atoms with van der Waals surface area (Å²) in [5, 5.41) is 0. The molecule has 1 unspecified atom stereocenters. The van der Waals surface area contributed by atoms with Crippen LogP contribution in [-0.4, -0.2) is 42.4 Å². The van der Waals surface area contributed by atoms with Gasteiger partial charge in [0.05, 0.1) is 6.04 Å². The monoisotopic (exact) mass is 274 g/mol. The lowest BCUT2D eigenvalue weighted by molar-refractivity contribution is -0.136. The maximum absolute atomic E-state index is 12.5. The third-order valence-corrected chi connectivity index (χ3v) is 4.08. The van der Waals surface area contributed by atoms with Crippen molar-refractivity contribution in [3.05, 3.63) is 35.9 Å². The van der Waals surface area contributed by atoms with Crippen LogP contribution in [0, 0.1) is 0 Å². The molecule has 1 fully saturated rings. The summed E-state index contributed by atoms with van der Waals surface area (Å²) in [5.74, 6) is 0.320. The van der Waals surface area contributed by atoms with Crippen LogP contribution in [0.15, 0.2) is 30.3 Å². The normalized spacial score (nSPS) is 20.1. The highest BCUT2D eigenvalue weighted by molar-refractivity contribution is 5.76. The predicted octanol–water partition coefficient (Wildman–Crippen LogP) is 3.08. The van der Waals surface area contributed by atoms with Gasteiger partial charge >= 0.3 is 0 Å². The first-order chi connectivity index (χ1) is 9.72. The van der Waals surface area contributed by atoms with E-state index in [9.17, 15) is 4.79 Å². The Morgan fingerprint density at radius 2 is 1.95 bits per heavy atom. The second-order valence-electron chi connectivity index (χ2n) is 5.73. The van der Waals surface area contributed by atoms with Crippen LogP contribution in [0.25, 0.3) is 0 Å². The highest BCUT2D eigenvalue weighted by Crippen LogP contribution is 2.25. The number of nitrogens with zero attached hydrogens (tertiary/aromatic N) is 2. The summed E-state index contributed by atoms with van der Waals surface area (Å²) in [7, 11) is 2.13. The van der Waals surface area contributed by atoms with Crippen LogP contribution >= 0.6 is 0 Å². The molecule has 0 aliphatic carbocycles. The summed E-state index contributed by atoms with van der Waals surface area (Å²) >= 11 is 0. The number of carbonyl (C=O) groups excluding carboxylic acids is 1. The Bertz CT molecular complexity index is 418. The summed E-state index contributed by atoms with van der Waals surface area (Å²) in [4.78, 5) is 16.9. The topological polar surface area (TPSA) is 23.6 Å². The van der Waals surface area contributed by atoms with Crippen molar-refractivity contribution in [1.82, 2.24) is 9.80 Å². The Morgan fingerprint density at radius 3 is 2.65 bits per heavy atom. The van der Waals surface area contributed by atoms with E-state index in [-0.39, 0.29) is 6.04 Å². The molecule has 0 aromatic heterocycles. The molecule has 1 aliphatic heterocycles. The number of hydrogen-bond acceptors (Lipinski definition) is 2. The lowest BCUT2D eigenvalue weighted by Gasteiger charge is -2.40. The first-order valence-corrected chi connectivity index (χ1v) is 7.75. The second-order valence-corrected chi connectivity index (χ2v) is 5.73. The molecule has 0 bridgehead atoms. The number of likely N-dealkylation sites (N-methyl/N-ethyl adjacent to an activating group) is 1. The molecular formula is C17H26N2O. The van der Waals surface area contributed by atoms with Crippen molar-refractivity contribution in [3.63, 3.8) is 0 Å². The van der Waals surface area contributed by atoms with Crippen molar-refractivity contribution < 1.29 is 4.79 Å². The molecule has 1 amide bonds. The number of unbranched alkanes of at least 4 members (excludes halogenated alkanes) is 2. The van der Waals surface area contributed by atoms with Crippen molar-refractivity contribution in [3.8, 4) is 0 Å². The minimum absolute atomic E-state index is 0.212. The zero-order valence-electron chi connectivity index (χ0n) is 12.7. The zero-order valence-corrected chi connectivity index (χ0v) is 12.7. The van der Waals surface area contributed by atoms with Crippen molar-refractivity contribution in [2.24, 2.45) is 0 Å². The van der Waals surface area contributed by atoms with Gasteiger partial charge in [0.25, 0.3) is 0 Å². The van der Waals surface area contributed by atoms with Gasteiger partial charge in [-0.05, 0) is 19.0 Å². The van der Waals surface area contributed by atoms with Crippen molar-refractivity contribution in [2.45, 2.75) is 38.6 Å². The summed E-state index contributed by atoms with van der Waals surface area (Å²) in [6.07, 6.45) is 4.03. The van der Waals surface area contributed by atoms with Gasteiger partial charge in [0.2, 0.25) is 5.91 Å². The summed E-state index contributed by atoms with van der Waals surface area (Å²) in [6, 6.07) is 10.6. The minimum Gasteiger partial charge on any atom is -0.333 e. The van der Waals surface area contributed by atoms with Gasteiger partial charge in [-0.1, -0.05) is 50.1 Å². The number of carbonyl (C=O) groups is 1. The third-order valence-electron chi connectivity index (χ3n) is 4.08. The van der Waals surface area contributed by atoms with E-state index in [1.807, 2.05) is 6.07 Å². The second kappa shape index (κ2) is 7.44. The van der Waals surface area contributed by atoms with Gasteiger partial charge in [-0.15, -0.1) is 0 Å². The molecule has 0 spiro atoms. The van der Waals surface area contributed by atoms with Crippen LogP contribution in [0.3, 0.4) is 0 Å². The number of rotatable bonds is 5. The Kier molecular flexibility index (Phi) is 5.60. The number of hydrogen-bond donors (Lipinski definition) is 0. The average molecular weight is 274 g/mol. The molecule has 3 heteroatoms. The van der Waals surface area contributed by atoms with Crippen LogP contribution in [0.4, 0.5) is 0 Å². The Hall–Kier alpha value is -1.35. The predicted molar refractivity (Wildman–Crippen MR) is 82.5 cm³/mol. The Labute approximate surface area is 122 Å². The Balaban J connectivity index is 2.06. The minimum atomic E-state index is 0.212.